The Kier molecular flexibility index (Phi) is 5.45. The van der Waals surface area contributed by atoms with Gasteiger partial charge in [0.2, 0.25) is 0 Å². The zero-order valence-corrected chi connectivity index (χ0v) is 10.4. The highest BCUT2D eigenvalue weighted by molar-refractivity contribution is 5.89. The first kappa shape index (κ1) is 13.5. The average molecular weight is 236 g/mol. The van der Waals surface area contributed by atoms with Crippen LogP contribution in [0, 0.1) is 0 Å². The van der Waals surface area contributed by atoms with Gasteiger partial charge in [0, 0.05) is 25.3 Å². The summed E-state index contributed by atoms with van der Waals surface area (Å²) in [5, 5.41) is 5.53. The van der Waals surface area contributed by atoms with E-state index in [9.17, 15) is 4.79 Å². The van der Waals surface area contributed by atoms with Crippen molar-refractivity contribution in [3.63, 3.8) is 0 Å². The van der Waals surface area contributed by atoms with Gasteiger partial charge in [-0.15, -0.1) is 0 Å². The van der Waals surface area contributed by atoms with Crippen molar-refractivity contribution in [1.29, 1.82) is 0 Å². The van der Waals surface area contributed by atoms with E-state index in [0.29, 0.717) is 13.1 Å². The van der Waals surface area contributed by atoms with Crippen molar-refractivity contribution >= 4 is 11.7 Å². The number of amides is 2. The van der Waals surface area contributed by atoms with Crippen LogP contribution in [0.3, 0.4) is 0 Å². The van der Waals surface area contributed by atoms with Crippen LogP contribution in [-0.2, 0) is 6.54 Å². The molecule has 0 aliphatic carbocycles. The number of hydrogen-bond acceptors (Lipinski definition) is 3. The van der Waals surface area contributed by atoms with Crippen LogP contribution in [0.25, 0.3) is 0 Å². The molecule has 5 heteroatoms. The molecule has 0 radical (unpaired) electrons. The van der Waals surface area contributed by atoms with E-state index < -0.39 is 0 Å². The van der Waals surface area contributed by atoms with E-state index in [2.05, 4.69) is 10.6 Å². The monoisotopic (exact) mass is 236 g/mol. The minimum Gasteiger partial charge on any atom is -0.337 e. The summed E-state index contributed by atoms with van der Waals surface area (Å²) in [5.41, 5.74) is 7.30. The Hall–Kier alpha value is -1.59. The first-order chi connectivity index (χ1) is 8.11. The van der Waals surface area contributed by atoms with Crippen LogP contribution >= 0.6 is 0 Å². The van der Waals surface area contributed by atoms with Gasteiger partial charge >= 0.3 is 6.03 Å². The normalized spacial score (nSPS) is 10.4. The smallest absolute Gasteiger partial charge is 0.319 e. The summed E-state index contributed by atoms with van der Waals surface area (Å²) in [6.07, 6.45) is 0. The van der Waals surface area contributed by atoms with Gasteiger partial charge in [0.15, 0.2) is 0 Å². The maximum Gasteiger partial charge on any atom is 0.319 e. The summed E-state index contributed by atoms with van der Waals surface area (Å²) in [6.45, 7) is 1.95. The molecule has 0 heterocycles. The molecule has 1 aromatic rings. The molecule has 0 saturated carbocycles. The molecule has 0 atom stereocenters. The van der Waals surface area contributed by atoms with Crippen molar-refractivity contribution in [2.75, 3.05) is 32.5 Å². The molecular weight excluding hydrogens is 216 g/mol. The molecule has 0 spiro atoms. The largest absolute Gasteiger partial charge is 0.337 e. The number of anilines is 1. The SMILES string of the molecule is CN(C)CCNC(=O)Nc1ccc(CN)cc1. The molecule has 0 aliphatic rings. The Balaban J connectivity index is 2.34. The van der Waals surface area contributed by atoms with Crippen LogP contribution in [0.15, 0.2) is 24.3 Å². The van der Waals surface area contributed by atoms with E-state index in [4.69, 9.17) is 5.73 Å². The highest BCUT2D eigenvalue weighted by Gasteiger charge is 2.00. The van der Waals surface area contributed by atoms with E-state index >= 15 is 0 Å². The molecule has 0 aromatic heterocycles. The molecule has 4 N–H and O–H groups in total. The molecular formula is C12H20N4O. The molecule has 0 bridgehead atoms. The summed E-state index contributed by atoms with van der Waals surface area (Å²) in [5.74, 6) is 0. The zero-order valence-electron chi connectivity index (χ0n) is 10.4. The predicted molar refractivity (Wildman–Crippen MR) is 69.9 cm³/mol. The van der Waals surface area contributed by atoms with Crippen molar-refractivity contribution in [3.8, 4) is 0 Å². The summed E-state index contributed by atoms with van der Waals surface area (Å²) in [7, 11) is 3.93. The first-order valence-electron chi connectivity index (χ1n) is 5.60. The maximum atomic E-state index is 11.5. The third kappa shape index (κ3) is 5.33. The molecule has 0 unspecified atom stereocenters. The van der Waals surface area contributed by atoms with Gasteiger partial charge in [0.25, 0.3) is 0 Å². The van der Waals surface area contributed by atoms with E-state index in [1.54, 1.807) is 0 Å². The standard InChI is InChI=1S/C12H20N4O/c1-16(2)8-7-14-12(17)15-11-5-3-10(9-13)4-6-11/h3-6H,7-9,13H2,1-2H3,(H2,14,15,17). The van der Waals surface area contributed by atoms with Crippen molar-refractivity contribution in [1.82, 2.24) is 10.2 Å². The molecule has 17 heavy (non-hydrogen) atoms. The topological polar surface area (TPSA) is 70.4 Å². The zero-order chi connectivity index (χ0) is 12.7. The van der Waals surface area contributed by atoms with Gasteiger partial charge in [-0.05, 0) is 31.8 Å². The van der Waals surface area contributed by atoms with Crippen LogP contribution in [0.2, 0.25) is 0 Å². The number of nitrogens with two attached hydrogens (primary N) is 1. The van der Waals surface area contributed by atoms with Crippen molar-refractivity contribution in [3.05, 3.63) is 29.8 Å². The average Bonchev–Trinajstić information content (AvgIpc) is 2.29. The highest BCUT2D eigenvalue weighted by atomic mass is 16.2. The fourth-order valence-electron chi connectivity index (χ4n) is 1.29. The van der Waals surface area contributed by atoms with Crippen molar-refractivity contribution < 1.29 is 4.79 Å². The molecule has 1 rings (SSSR count). The lowest BCUT2D eigenvalue weighted by atomic mass is 10.2. The fraction of sp³-hybridized carbons (Fsp3) is 0.417. The molecule has 0 fully saturated rings. The van der Waals surface area contributed by atoms with Gasteiger partial charge in [0.05, 0.1) is 0 Å². The number of benzene rings is 1. The Morgan fingerprint density at radius 1 is 1.29 bits per heavy atom. The first-order valence-corrected chi connectivity index (χ1v) is 5.60. The molecule has 0 saturated heterocycles. The van der Waals surface area contributed by atoms with E-state index in [-0.39, 0.29) is 6.03 Å². The van der Waals surface area contributed by atoms with Crippen LogP contribution < -0.4 is 16.4 Å². The van der Waals surface area contributed by atoms with Gasteiger partial charge in [0.1, 0.15) is 0 Å². The number of carbonyl (C=O) groups is 1. The lowest BCUT2D eigenvalue weighted by Crippen LogP contribution is -2.34. The van der Waals surface area contributed by atoms with Gasteiger partial charge in [-0.25, -0.2) is 4.79 Å². The third-order valence-electron chi connectivity index (χ3n) is 2.29. The molecule has 2 amide bonds. The Labute approximate surface area is 102 Å². The Bertz CT molecular complexity index is 348. The predicted octanol–water partition coefficient (Wildman–Crippen LogP) is 0.828. The third-order valence-corrected chi connectivity index (χ3v) is 2.29. The number of nitrogens with one attached hydrogen (secondary N) is 2. The highest BCUT2D eigenvalue weighted by Crippen LogP contribution is 2.08. The van der Waals surface area contributed by atoms with Crippen LogP contribution in [0.5, 0.6) is 0 Å². The van der Waals surface area contributed by atoms with Crippen molar-refractivity contribution in [2.24, 2.45) is 5.73 Å². The summed E-state index contributed by atoms with van der Waals surface area (Å²) >= 11 is 0. The second-order valence-electron chi connectivity index (χ2n) is 4.09. The molecule has 5 nitrogen and oxygen atoms in total. The second kappa shape index (κ2) is 6.88. The number of hydrogen-bond donors (Lipinski definition) is 3. The van der Waals surface area contributed by atoms with E-state index in [1.165, 1.54) is 0 Å². The second-order valence-corrected chi connectivity index (χ2v) is 4.09. The van der Waals surface area contributed by atoms with E-state index in [0.717, 1.165) is 17.8 Å². The lowest BCUT2D eigenvalue weighted by Gasteiger charge is -2.11. The molecule has 94 valence electrons. The van der Waals surface area contributed by atoms with Gasteiger partial charge in [-0.3, -0.25) is 0 Å². The summed E-state index contributed by atoms with van der Waals surface area (Å²) in [4.78, 5) is 13.5. The molecule has 1 aromatic carbocycles. The van der Waals surface area contributed by atoms with Crippen LogP contribution in [-0.4, -0.2) is 38.1 Å². The minimum absolute atomic E-state index is 0.188. The number of carbonyl (C=O) groups excluding carboxylic acids is 1. The number of urea groups is 1. The minimum atomic E-state index is -0.188. The van der Waals surface area contributed by atoms with Crippen LogP contribution in [0.1, 0.15) is 5.56 Å². The van der Waals surface area contributed by atoms with E-state index in [1.807, 2.05) is 43.3 Å². The number of rotatable bonds is 5. The lowest BCUT2D eigenvalue weighted by molar-refractivity contribution is 0.250. The van der Waals surface area contributed by atoms with Crippen molar-refractivity contribution in [2.45, 2.75) is 6.54 Å². The summed E-state index contributed by atoms with van der Waals surface area (Å²) in [6, 6.07) is 7.29. The van der Waals surface area contributed by atoms with Crippen LogP contribution in [0.4, 0.5) is 10.5 Å². The number of likely N-dealkylation sites (N-methyl/N-ethyl adjacent to an activating group) is 1. The van der Waals surface area contributed by atoms with Gasteiger partial charge < -0.3 is 21.3 Å². The quantitative estimate of drug-likeness (QED) is 0.709. The Morgan fingerprint density at radius 2 is 1.94 bits per heavy atom. The number of nitrogens with zero attached hydrogens (tertiary/aromatic N) is 1. The van der Waals surface area contributed by atoms with Gasteiger partial charge in [-0.1, -0.05) is 12.1 Å². The Morgan fingerprint density at radius 3 is 2.47 bits per heavy atom. The van der Waals surface area contributed by atoms with Gasteiger partial charge in [-0.2, -0.15) is 0 Å². The maximum absolute atomic E-state index is 11.5. The fourth-order valence-corrected chi connectivity index (χ4v) is 1.29. The molecule has 0 aliphatic heterocycles. The summed E-state index contributed by atoms with van der Waals surface area (Å²) < 4.78 is 0.